The van der Waals surface area contributed by atoms with Crippen LogP contribution in [0.5, 0.6) is 0 Å². The largest absolute Gasteiger partial charge is 0.490 e. The summed E-state index contributed by atoms with van der Waals surface area (Å²) >= 11 is 0. The Morgan fingerprint density at radius 1 is 1.47 bits per heavy atom. The zero-order chi connectivity index (χ0) is 10.8. The topological polar surface area (TPSA) is 46.5 Å². The molecular weight excluding hydrogens is 192 g/mol. The van der Waals surface area contributed by atoms with E-state index in [1.54, 1.807) is 18.2 Å². The van der Waals surface area contributed by atoms with Crippen LogP contribution in [-0.2, 0) is 9.53 Å². The molecule has 0 spiro atoms. The molecule has 0 saturated carbocycles. The normalized spacial score (nSPS) is 28.3. The van der Waals surface area contributed by atoms with E-state index in [1.165, 1.54) is 0 Å². The fourth-order valence-corrected chi connectivity index (χ4v) is 1.68. The van der Waals surface area contributed by atoms with Gasteiger partial charge < -0.3 is 9.84 Å². The fraction of sp³-hybridized carbons (Fsp3) is 0.250. The van der Waals surface area contributed by atoms with Crippen LogP contribution in [-0.4, -0.2) is 17.2 Å². The van der Waals surface area contributed by atoms with Crippen LogP contribution in [0.1, 0.15) is 6.92 Å². The first-order valence-corrected chi connectivity index (χ1v) is 4.82. The monoisotopic (exact) mass is 204 g/mol. The molecule has 0 amide bonds. The number of fused-ring (bicyclic) bond motifs is 1. The molecule has 0 aromatic heterocycles. The molecule has 1 aliphatic heterocycles. The van der Waals surface area contributed by atoms with Gasteiger partial charge in [0.25, 0.3) is 0 Å². The molecule has 1 heterocycles. The Kier molecular flexibility index (Phi) is 2.46. The highest BCUT2D eigenvalue weighted by atomic mass is 16.5. The summed E-state index contributed by atoms with van der Waals surface area (Å²) in [6.07, 6.45) is 10.7. The van der Waals surface area contributed by atoms with Gasteiger partial charge in [0, 0.05) is 5.92 Å². The average Bonchev–Trinajstić information content (AvgIpc) is 2.37. The first-order valence-electron chi connectivity index (χ1n) is 4.82. The second kappa shape index (κ2) is 3.77. The van der Waals surface area contributed by atoms with Gasteiger partial charge in [-0.05, 0) is 25.2 Å². The van der Waals surface area contributed by atoms with Gasteiger partial charge in [-0.2, -0.15) is 0 Å². The van der Waals surface area contributed by atoms with E-state index in [0.717, 1.165) is 5.76 Å². The third-order valence-corrected chi connectivity index (χ3v) is 2.45. The minimum Gasteiger partial charge on any atom is -0.490 e. The standard InChI is InChI=1S/C12H12O3/c1-8-3-2-4-9-7-10(12(13)14)5-6-11(9)15-8/h2-7,9,11H,1H3,(H,13,14). The Morgan fingerprint density at radius 3 is 3.00 bits per heavy atom. The smallest absolute Gasteiger partial charge is 0.335 e. The first kappa shape index (κ1) is 9.77. The van der Waals surface area contributed by atoms with Gasteiger partial charge in [-0.25, -0.2) is 4.79 Å². The molecule has 2 atom stereocenters. The van der Waals surface area contributed by atoms with Gasteiger partial charge in [-0.15, -0.1) is 0 Å². The van der Waals surface area contributed by atoms with Gasteiger partial charge in [0.15, 0.2) is 0 Å². The van der Waals surface area contributed by atoms with Gasteiger partial charge >= 0.3 is 5.97 Å². The van der Waals surface area contributed by atoms with Gasteiger partial charge in [0.05, 0.1) is 11.3 Å². The lowest BCUT2D eigenvalue weighted by molar-refractivity contribution is -0.132. The van der Waals surface area contributed by atoms with Crippen molar-refractivity contribution in [3.05, 3.63) is 47.8 Å². The highest BCUT2D eigenvalue weighted by Crippen LogP contribution is 2.25. The molecule has 0 fully saturated rings. The number of carbonyl (C=O) groups is 1. The molecule has 2 rings (SSSR count). The zero-order valence-corrected chi connectivity index (χ0v) is 8.38. The van der Waals surface area contributed by atoms with Crippen molar-refractivity contribution in [3.8, 4) is 0 Å². The summed E-state index contributed by atoms with van der Waals surface area (Å²) < 4.78 is 5.62. The van der Waals surface area contributed by atoms with Crippen LogP contribution in [0.3, 0.4) is 0 Å². The first-order chi connectivity index (χ1) is 7.16. The van der Waals surface area contributed by atoms with E-state index in [9.17, 15) is 4.79 Å². The van der Waals surface area contributed by atoms with Gasteiger partial charge in [-0.1, -0.05) is 18.2 Å². The molecule has 1 aliphatic carbocycles. The molecule has 0 aromatic rings. The molecule has 15 heavy (non-hydrogen) atoms. The van der Waals surface area contributed by atoms with E-state index in [-0.39, 0.29) is 12.0 Å². The number of carboxylic acid groups (broad SMARTS) is 1. The van der Waals surface area contributed by atoms with Crippen LogP contribution in [0.4, 0.5) is 0 Å². The van der Waals surface area contributed by atoms with E-state index in [0.29, 0.717) is 5.57 Å². The van der Waals surface area contributed by atoms with E-state index in [2.05, 4.69) is 0 Å². The Morgan fingerprint density at radius 2 is 2.27 bits per heavy atom. The fourth-order valence-electron chi connectivity index (χ4n) is 1.68. The number of hydrogen-bond donors (Lipinski definition) is 1. The molecule has 2 unspecified atom stereocenters. The second-order valence-corrected chi connectivity index (χ2v) is 3.61. The molecule has 0 bridgehead atoms. The lowest BCUT2D eigenvalue weighted by Crippen LogP contribution is -2.21. The predicted octanol–water partition coefficient (Wildman–Crippen LogP) is 2.04. The molecule has 3 heteroatoms. The molecule has 0 aromatic carbocycles. The van der Waals surface area contributed by atoms with Crippen molar-refractivity contribution in [1.29, 1.82) is 0 Å². The van der Waals surface area contributed by atoms with Crippen LogP contribution in [0.15, 0.2) is 47.8 Å². The molecule has 2 aliphatic rings. The van der Waals surface area contributed by atoms with Crippen LogP contribution < -0.4 is 0 Å². The van der Waals surface area contributed by atoms with Gasteiger partial charge in [0.1, 0.15) is 6.10 Å². The van der Waals surface area contributed by atoms with Crippen molar-refractivity contribution in [3.63, 3.8) is 0 Å². The summed E-state index contributed by atoms with van der Waals surface area (Å²) in [6.45, 7) is 1.89. The second-order valence-electron chi connectivity index (χ2n) is 3.61. The van der Waals surface area contributed by atoms with E-state index in [4.69, 9.17) is 9.84 Å². The van der Waals surface area contributed by atoms with Crippen molar-refractivity contribution in [2.24, 2.45) is 5.92 Å². The van der Waals surface area contributed by atoms with Crippen molar-refractivity contribution in [1.82, 2.24) is 0 Å². The summed E-state index contributed by atoms with van der Waals surface area (Å²) in [4.78, 5) is 10.8. The lowest BCUT2D eigenvalue weighted by atomic mass is 9.93. The van der Waals surface area contributed by atoms with Crippen molar-refractivity contribution in [2.75, 3.05) is 0 Å². The summed E-state index contributed by atoms with van der Waals surface area (Å²) in [6, 6.07) is 0. The van der Waals surface area contributed by atoms with E-state index >= 15 is 0 Å². The van der Waals surface area contributed by atoms with Crippen LogP contribution >= 0.6 is 0 Å². The SMILES string of the molecule is CC1=CC=CC2C=C(C(=O)O)C=CC2O1. The third kappa shape index (κ3) is 2.01. The summed E-state index contributed by atoms with van der Waals surface area (Å²) in [5.41, 5.74) is 0.323. The summed E-state index contributed by atoms with van der Waals surface area (Å²) in [5, 5.41) is 8.85. The summed E-state index contributed by atoms with van der Waals surface area (Å²) in [7, 11) is 0. The quantitative estimate of drug-likeness (QED) is 0.711. The minimum atomic E-state index is -0.896. The molecule has 3 nitrogen and oxygen atoms in total. The van der Waals surface area contributed by atoms with Crippen LogP contribution in [0, 0.1) is 5.92 Å². The maximum atomic E-state index is 10.8. The molecule has 0 radical (unpaired) electrons. The number of carboxylic acids is 1. The van der Waals surface area contributed by atoms with Crippen molar-refractivity contribution < 1.29 is 14.6 Å². The van der Waals surface area contributed by atoms with Crippen LogP contribution in [0.2, 0.25) is 0 Å². The van der Waals surface area contributed by atoms with Crippen molar-refractivity contribution >= 4 is 5.97 Å². The Labute approximate surface area is 88.1 Å². The highest BCUT2D eigenvalue weighted by molar-refractivity contribution is 5.90. The average molecular weight is 204 g/mol. The van der Waals surface area contributed by atoms with Gasteiger partial charge in [-0.3, -0.25) is 0 Å². The maximum absolute atomic E-state index is 10.8. The molecule has 78 valence electrons. The number of hydrogen-bond acceptors (Lipinski definition) is 2. The molecular formula is C12H12O3. The zero-order valence-electron chi connectivity index (χ0n) is 8.38. The third-order valence-electron chi connectivity index (χ3n) is 2.45. The molecule has 0 saturated heterocycles. The maximum Gasteiger partial charge on any atom is 0.335 e. The van der Waals surface area contributed by atoms with E-state index < -0.39 is 5.97 Å². The highest BCUT2D eigenvalue weighted by Gasteiger charge is 2.23. The van der Waals surface area contributed by atoms with Gasteiger partial charge in [0.2, 0.25) is 0 Å². The number of rotatable bonds is 1. The Balaban J connectivity index is 2.25. The van der Waals surface area contributed by atoms with Crippen molar-refractivity contribution in [2.45, 2.75) is 13.0 Å². The Hall–Kier alpha value is -1.77. The molecule has 1 N–H and O–H groups in total. The number of ether oxygens (including phenoxy) is 1. The van der Waals surface area contributed by atoms with Crippen LogP contribution in [0.25, 0.3) is 0 Å². The van der Waals surface area contributed by atoms with E-state index in [1.807, 2.05) is 25.2 Å². The Bertz CT molecular complexity index is 399. The number of aliphatic carboxylic acids is 1. The lowest BCUT2D eigenvalue weighted by Gasteiger charge is -2.22. The number of allylic oxidation sites excluding steroid dienone is 3. The summed E-state index contributed by atoms with van der Waals surface area (Å²) in [5.74, 6) is -0.0441. The predicted molar refractivity (Wildman–Crippen MR) is 56.1 cm³/mol. The minimum absolute atomic E-state index is 0.00907.